The lowest BCUT2D eigenvalue weighted by atomic mass is 10.0. The van der Waals surface area contributed by atoms with Gasteiger partial charge in [-0.2, -0.15) is 0 Å². The van der Waals surface area contributed by atoms with Gasteiger partial charge in [0.15, 0.2) is 0 Å². The van der Waals surface area contributed by atoms with E-state index in [-0.39, 0.29) is 18.1 Å². The van der Waals surface area contributed by atoms with Crippen LogP contribution in [0.5, 0.6) is 0 Å². The zero-order valence-electron chi connectivity index (χ0n) is 18.8. The molecule has 0 aliphatic carbocycles. The van der Waals surface area contributed by atoms with Crippen molar-refractivity contribution in [1.29, 1.82) is 0 Å². The van der Waals surface area contributed by atoms with Crippen LogP contribution in [0.3, 0.4) is 0 Å². The molecule has 0 spiro atoms. The number of fused-ring (bicyclic) bond motifs is 1. The number of nitrogens with one attached hydrogen (secondary N) is 1. The van der Waals surface area contributed by atoms with Gasteiger partial charge in [0.1, 0.15) is 11.3 Å². The van der Waals surface area contributed by atoms with Gasteiger partial charge < -0.3 is 15.0 Å². The summed E-state index contributed by atoms with van der Waals surface area (Å²) in [4.78, 5) is 35.1. The van der Waals surface area contributed by atoms with E-state index >= 15 is 0 Å². The van der Waals surface area contributed by atoms with Gasteiger partial charge in [0.25, 0.3) is 5.91 Å². The summed E-state index contributed by atoms with van der Waals surface area (Å²) >= 11 is 12.6. The highest BCUT2D eigenvalue weighted by Gasteiger charge is 2.23. The molecule has 1 aromatic carbocycles. The molecule has 2 aromatic heterocycles. The molecule has 0 aliphatic rings. The number of amides is 2. The van der Waals surface area contributed by atoms with Gasteiger partial charge in [-0.25, -0.2) is 14.8 Å². The van der Waals surface area contributed by atoms with Gasteiger partial charge >= 0.3 is 6.09 Å². The van der Waals surface area contributed by atoms with Crippen LogP contribution in [0.1, 0.15) is 42.5 Å². The Kier molecular flexibility index (Phi) is 6.67. The Morgan fingerprint density at radius 2 is 1.88 bits per heavy atom. The summed E-state index contributed by atoms with van der Waals surface area (Å²) in [6.07, 6.45) is 1.06. The molecule has 0 fully saturated rings. The molecule has 8 nitrogen and oxygen atoms in total. The van der Waals surface area contributed by atoms with E-state index in [4.69, 9.17) is 27.9 Å². The normalized spacial score (nSPS) is 11.5. The van der Waals surface area contributed by atoms with Crippen molar-refractivity contribution in [2.24, 2.45) is 0 Å². The first kappa shape index (κ1) is 23.8. The summed E-state index contributed by atoms with van der Waals surface area (Å²) in [6.45, 7) is 7.31. The first-order valence-corrected chi connectivity index (χ1v) is 10.7. The first-order valence-electron chi connectivity index (χ1n) is 9.90. The number of aryl methyl sites for hydroxylation is 1. The minimum absolute atomic E-state index is 0.132. The Hall–Kier alpha value is -2.84. The Labute approximate surface area is 196 Å². The van der Waals surface area contributed by atoms with Crippen molar-refractivity contribution in [1.82, 2.24) is 24.6 Å². The highest BCUT2D eigenvalue weighted by molar-refractivity contribution is 6.36. The predicted molar refractivity (Wildman–Crippen MR) is 124 cm³/mol. The van der Waals surface area contributed by atoms with E-state index in [2.05, 4.69) is 15.3 Å². The second-order valence-electron chi connectivity index (χ2n) is 8.50. The molecule has 0 unspecified atom stereocenters. The summed E-state index contributed by atoms with van der Waals surface area (Å²) in [7, 11) is 3.30. The van der Waals surface area contributed by atoms with E-state index in [0.717, 1.165) is 0 Å². The van der Waals surface area contributed by atoms with Crippen molar-refractivity contribution in [2.75, 3.05) is 14.1 Å². The average molecular weight is 478 g/mol. The maximum atomic E-state index is 12.5. The van der Waals surface area contributed by atoms with Crippen molar-refractivity contribution >= 4 is 41.0 Å². The van der Waals surface area contributed by atoms with E-state index in [0.29, 0.717) is 38.3 Å². The molecule has 0 atom stereocenters. The molecule has 3 aromatic rings. The number of alkyl carbamates (subject to hydrolysis) is 1. The molecular formula is C22H25Cl2N5O3. The number of aromatic nitrogens is 3. The van der Waals surface area contributed by atoms with Crippen LogP contribution in [0.2, 0.25) is 10.0 Å². The van der Waals surface area contributed by atoms with Crippen molar-refractivity contribution in [2.45, 2.75) is 39.8 Å². The van der Waals surface area contributed by atoms with E-state index in [1.54, 1.807) is 63.7 Å². The lowest BCUT2D eigenvalue weighted by molar-refractivity contribution is 0.0523. The fraction of sp³-hybridized carbons (Fsp3) is 0.364. The number of carbonyl (C=O) groups is 2. The SMILES string of the molecule is Cc1nc2nc(C(=O)N(C)C)cn2c(-c2ccc(Cl)cc2Cl)c1CNC(=O)OC(C)(C)C. The minimum atomic E-state index is -0.630. The number of carbonyl (C=O) groups excluding carboxylic acids is 2. The number of nitrogens with zero attached hydrogens (tertiary/aromatic N) is 4. The van der Waals surface area contributed by atoms with Crippen LogP contribution in [0.4, 0.5) is 4.79 Å². The molecule has 1 N–H and O–H groups in total. The molecule has 170 valence electrons. The van der Waals surface area contributed by atoms with Gasteiger partial charge in [-0.3, -0.25) is 9.20 Å². The smallest absolute Gasteiger partial charge is 0.407 e. The zero-order chi connectivity index (χ0) is 23.8. The molecule has 32 heavy (non-hydrogen) atoms. The summed E-state index contributed by atoms with van der Waals surface area (Å²) in [5, 5.41) is 3.67. The van der Waals surface area contributed by atoms with Crippen molar-refractivity contribution in [3.05, 3.63) is 51.4 Å². The van der Waals surface area contributed by atoms with Crippen LogP contribution in [0, 0.1) is 6.92 Å². The van der Waals surface area contributed by atoms with Gasteiger partial charge in [0.2, 0.25) is 5.78 Å². The van der Waals surface area contributed by atoms with Gasteiger partial charge in [0.05, 0.1) is 17.3 Å². The van der Waals surface area contributed by atoms with E-state index in [1.807, 2.05) is 6.92 Å². The molecule has 0 aliphatic heterocycles. The van der Waals surface area contributed by atoms with Gasteiger partial charge in [-0.15, -0.1) is 0 Å². The number of ether oxygens (including phenoxy) is 1. The molecular weight excluding hydrogens is 453 g/mol. The van der Waals surface area contributed by atoms with E-state index in [1.165, 1.54) is 4.90 Å². The maximum absolute atomic E-state index is 12.5. The number of imidazole rings is 1. The minimum Gasteiger partial charge on any atom is -0.444 e. The highest BCUT2D eigenvalue weighted by Crippen LogP contribution is 2.34. The molecule has 0 saturated heterocycles. The van der Waals surface area contributed by atoms with Crippen molar-refractivity contribution in [3.8, 4) is 11.3 Å². The second kappa shape index (κ2) is 8.96. The van der Waals surface area contributed by atoms with Gasteiger partial charge in [0, 0.05) is 42.1 Å². The Morgan fingerprint density at radius 1 is 1.19 bits per heavy atom. The summed E-state index contributed by atoms with van der Waals surface area (Å²) < 4.78 is 7.05. The number of hydrogen-bond donors (Lipinski definition) is 1. The summed E-state index contributed by atoms with van der Waals surface area (Å²) in [5.74, 6) is 0.0875. The third kappa shape index (κ3) is 5.14. The second-order valence-corrected chi connectivity index (χ2v) is 9.34. The monoisotopic (exact) mass is 477 g/mol. The molecule has 2 amide bonds. The summed E-state index contributed by atoms with van der Waals surface area (Å²) in [6, 6.07) is 5.13. The highest BCUT2D eigenvalue weighted by atomic mass is 35.5. The molecule has 10 heteroatoms. The zero-order valence-corrected chi connectivity index (χ0v) is 20.3. The van der Waals surface area contributed by atoms with E-state index in [9.17, 15) is 9.59 Å². The molecule has 3 rings (SSSR count). The van der Waals surface area contributed by atoms with Crippen LogP contribution in [0.15, 0.2) is 24.4 Å². The topological polar surface area (TPSA) is 88.8 Å². The fourth-order valence-electron chi connectivity index (χ4n) is 3.14. The number of benzene rings is 1. The lowest BCUT2D eigenvalue weighted by Crippen LogP contribution is -2.32. The quantitative estimate of drug-likeness (QED) is 0.585. The van der Waals surface area contributed by atoms with Crippen molar-refractivity contribution in [3.63, 3.8) is 0 Å². The third-order valence-electron chi connectivity index (χ3n) is 4.54. The fourth-order valence-corrected chi connectivity index (χ4v) is 3.64. The number of rotatable bonds is 4. The largest absolute Gasteiger partial charge is 0.444 e. The lowest BCUT2D eigenvalue weighted by Gasteiger charge is -2.21. The molecule has 0 saturated carbocycles. The van der Waals surface area contributed by atoms with Gasteiger partial charge in [-0.05, 0) is 45.9 Å². The Morgan fingerprint density at radius 3 is 2.47 bits per heavy atom. The van der Waals surface area contributed by atoms with E-state index < -0.39 is 11.7 Å². The van der Waals surface area contributed by atoms with Crippen LogP contribution in [0.25, 0.3) is 17.0 Å². The third-order valence-corrected chi connectivity index (χ3v) is 5.09. The Balaban J connectivity index is 2.18. The summed E-state index contributed by atoms with van der Waals surface area (Å²) in [5.41, 5.74) is 2.25. The standard InChI is InChI=1S/C22H25Cl2N5O3/c1-12-15(10-25-21(31)32-22(2,3)4)18(14-8-7-13(23)9-16(14)24)29-11-17(19(30)28(5)6)27-20(29)26-12/h7-9,11H,10H2,1-6H3,(H,25,31). The number of hydrogen-bond acceptors (Lipinski definition) is 5. The van der Waals surface area contributed by atoms with Crippen LogP contribution in [-0.2, 0) is 11.3 Å². The molecule has 2 heterocycles. The van der Waals surface area contributed by atoms with Crippen molar-refractivity contribution < 1.29 is 14.3 Å². The first-order chi connectivity index (χ1) is 14.9. The average Bonchev–Trinajstić information content (AvgIpc) is 3.07. The van der Waals surface area contributed by atoms with Gasteiger partial charge in [-0.1, -0.05) is 23.2 Å². The van der Waals surface area contributed by atoms with Crippen LogP contribution >= 0.6 is 23.2 Å². The predicted octanol–water partition coefficient (Wildman–Crippen LogP) is 4.74. The van der Waals surface area contributed by atoms with Crippen LogP contribution < -0.4 is 5.32 Å². The number of halogens is 2. The maximum Gasteiger partial charge on any atom is 0.407 e. The van der Waals surface area contributed by atoms with Crippen LogP contribution in [-0.4, -0.2) is 51.0 Å². The molecule has 0 bridgehead atoms. The Bertz CT molecular complexity index is 1200. The molecule has 0 radical (unpaired) electrons.